The number of nitrogens with zero attached hydrogens (tertiary/aromatic N) is 2. The fourth-order valence-corrected chi connectivity index (χ4v) is 2.21. The first kappa shape index (κ1) is 21.7. The molecule has 8 heteroatoms. The van der Waals surface area contributed by atoms with Crippen LogP contribution in [0.2, 0.25) is 0 Å². The van der Waals surface area contributed by atoms with Gasteiger partial charge in [0.2, 0.25) is 11.8 Å². The van der Waals surface area contributed by atoms with Gasteiger partial charge >= 0.3 is 0 Å². The van der Waals surface area contributed by atoms with E-state index in [2.05, 4.69) is 15.7 Å². The van der Waals surface area contributed by atoms with Crippen LogP contribution in [0, 0.1) is 5.92 Å². The molecule has 0 fully saturated rings. The van der Waals surface area contributed by atoms with Crippen molar-refractivity contribution in [1.29, 1.82) is 0 Å². The van der Waals surface area contributed by atoms with E-state index in [1.807, 2.05) is 50.4 Å². The van der Waals surface area contributed by atoms with Crippen molar-refractivity contribution in [3.63, 3.8) is 0 Å². The van der Waals surface area contributed by atoms with Crippen LogP contribution in [-0.4, -0.2) is 40.7 Å². The topological polar surface area (TPSA) is 102 Å². The van der Waals surface area contributed by atoms with Crippen LogP contribution < -0.4 is 16.4 Å². The number of hydrogen-bond acceptors (Lipinski definition) is 4. The van der Waals surface area contributed by atoms with Gasteiger partial charge in [0.15, 0.2) is 0 Å². The SMILES string of the molecule is CC(C)[C@H](N)C(=O)NCC(=O)NCCc1cnn(-c2ccccc2)c1.Cl. The highest BCUT2D eigenvalue weighted by atomic mass is 35.5. The van der Waals surface area contributed by atoms with E-state index in [9.17, 15) is 9.59 Å². The van der Waals surface area contributed by atoms with E-state index in [4.69, 9.17) is 5.73 Å². The van der Waals surface area contributed by atoms with Gasteiger partial charge in [-0.2, -0.15) is 5.10 Å². The number of carbonyl (C=O) groups is 2. The summed E-state index contributed by atoms with van der Waals surface area (Å²) in [5.74, 6) is -0.516. The van der Waals surface area contributed by atoms with Gasteiger partial charge in [-0.25, -0.2) is 4.68 Å². The minimum atomic E-state index is -0.600. The number of aromatic nitrogens is 2. The van der Waals surface area contributed by atoms with Crippen LogP contribution >= 0.6 is 12.4 Å². The number of nitrogens with one attached hydrogen (secondary N) is 2. The number of nitrogens with two attached hydrogens (primary N) is 1. The van der Waals surface area contributed by atoms with Gasteiger partial charge in [0.05, 0.1) is 24.5 Å². The Bertz CT molecular complexity index is 703. The van der Waals surface area contributed by atoms with Gasteiger partial charge in [-0.3, -0.25) is 9.59 Å². The Labute approximate surface area is 159 Å². The monoisotopic (exact) mass is 379 g/mol. The molecule has 0 radical (unpaired) electrons. The second-order valence-electron chi connectivity index (χ2n) is 6.22. The average molecular weight is 380 g/mol. The average Bonchev–Trinajstić information content (AvgIpc) is 3.08. The molecule has 0 unspecified atom stereocenters. The van der Waals surface area contributed by atoms with Crippen LogP contribution in [0.15, 0.2) is 42.7 Å². The summed E-state index contributed by atoms with van der Waals surface area (Å²) < 4.78 is 1.80. The third-order valence-electron chi connectivity index (χ3n) is 3.84. The molecule has 1 heterocycles. The maximum Gasteiger partial charge on any atom is 0.239 e. The predicted octanol–water partition coefficient (Wildman–Crippen LogP) is 1.05. The summed E-state index contributed by atoms with van der Waals surface area (Å²) in [6.45, 7) is 4.13. The van der Waals surface area contributed by atoms with E-state index >= 15 is 0 Å². The third kappa shape index (κ3) is 6.50. The Morgan fingerprint density at radius 1 is 1.19 bits per heavy atom. The van der Waals surface area contributed by atoms with Gasteiger partial charge in [-0.05, 0) is 30.0 Å². The smallest absolute Gasteiger partial charge is 0.239 e. The van der Waals surface area contributed by atoms with Crippen molar-refractivity contribution in [2.45, 2.75) is 26.3 Å². The van der Waals surface area contributed by atoms with E-state index in [0.29, 0.717) is 13.0 Å². The summed E-state index contributed by atoms with van der Waals surface area (Å²) in [5, 5.41) is 9.63. The van der Waals surface area contributed by atoms with Crippen molar-refractivity contribution < 1.29 is 9.59 Å². The van der Waals surface area contributed by atoms with Crippen molar-refractivity contribution in [2.75, 3.05) is 13.1 Å². The van der Waals surface area contributed by atoms with E-state index in [-0.39, 0.29) is 36.7 Å². The minimum Gasteiger partial charge on any atom is -0.354 e. The molecule has 1 atom stereocenters. The molecule has 0 bridgehead atoms. The summed E-state index contributed by atoms with van der Waals surface area (Å²) in [4.78, 5) is 23.5. The van der Waals surface area contributed by atoms with Gasteiger partial charge in [0.1, 0.15) is 0 Å². The molecule has 2 rings (SSSR count). The van der Waals surface area contributed by atoms with E-state index in [0.717, 1.165) is 11.3 Å². The van der Waals surface area contributed by atoms with E-state index < -0.39 is 6.04 Å². The van der Waals surface area contributed by atoms with Crippen LogP contribution in [0.25, 0.3) is 5.69 Å². The van der Waals surface area contributed by atoms with Crippen molar-refractivity contribution in [2.24, 2.45) is 11.7 Å². The van der Waals surface area contributed by atoms with Gasteiger partial charge in [-0.1, -0.05) is 32.0 Å². The molecule has 2 aromatic rings. The summed E-state index contributed by atoms with van der Waals surface area (Å²) in [6.07, 6.45) is 4.38. The normalized spacial score (nSPS) is 11.5. The van der Waals surface area contributed by atoms with Gasteiger partial charge in [0.25, 0.3) is 0 Å². The number of carbonyl (C=O) groups excluding carboxylic acids is 2. The van der Waals surface area contributed by atoms with Crippen LogP contribution in [0.1, 0.15) is 19.4 Å². The number of rotatable bonds is 8. The standard InChI is InChI=1S/C18H25N5O2.ClH/c1-13(2)17(19)18(25)21-11-16(24)20-9-8-14-10-22-23(12-14)15-6-4-3-5-7-15;/h3-7,10,12-13,17H,8-9,11,19H2,1-2H3,(H,20,24)(H,21,25);1H/t17-;/m0./s1. The molecule has 142 valence electrons. The first-order chi connectivity index (χ1) is 12.0. The van der Waals surface area contributed by atoms with Gasteiger partial charge in [0, 0.05) is 12.7 Å². The lowest BCUT2D eigenvalue weighted by molar-refractivity contribution is -0.127. The zero-order chi connectivity index (χ0) is 18.2. The number of halogens is 1. The number of amides is 2. The summed E-state index contributed by atoms with van der Waals surface area (Å²) in [7, 11) is 0. The Morgan fingerprint density at radius 3 is 2.54 bits per heavy atom. The molecular formula is C18H26ClN5O2. The zero-order valence-electron chi connectivity index (χ0n) is 15.0. The Morgan fingerprint density at radius 2 is 1.88 bits per heavy atom. The molecule has 2 amide bonds. The third-order valence-corrected chi connectivity index (χ3v) is 3.84. The second kappa shape index (κ2) is 10.6. The van der Waals surface area contributed by atoms with Crippen LogP contribution in [0.3, 0.4) is 0 Å². The van der Waals surface area contributed by atoms with Crippen molar-refractivity contribution in [1.82, 2.24) is 20.4 Å². The van der Waals surface area contributed by atoms with Crippen LogP contribution in [0.4, 0.5) is 0 Å². The first-order valence-corrected chi connectivity index (χ1v) is 8.36. The van der Waals surface area contributed by atoms with Gasteiger partial charge in [-0.15, -0.1) is 12.4 Å². The van der Waals surface area contributed by atoms with Crippen molar-refractivity contribution >= 4 is 24.2 Å². The van der Waals surface area contributed by atoms with Crippen molar-refractivity contribution in [3.05, 3.63) is 48.3 Å². The van der Waals surface area contributed by atoms with Crippen LogP contribution in [0.5, 0.6) is 0 Å². The highest BCUT2D eigenvalue weighted by Gasteiger charge is 2.17. The second-order valence-corrected chi connectivity index (χ2v) is 6.22. The molecule has 0 saturated heterocycles. The summed E-state index contributed by atoms with van der Waals surface area (Å²) in [5.41, 5.74) is 7.73. The maximum absolute atomic E-state index is 11.8. The molecular weight excluding hydrogens is 354 g/mol. The molecule has 0 aliphatic heterocycles. The first-order valence-electron chi connectivity index (χ1n) is 8.36. The number of para-hydroxylation sites is 1. The molecule has 1 aromatic carbocycles. The Balaban J connectivity index is 0.00000338. The highest BCUT2D eigenvalue weighted by Crippen LogP contribution is 2.07. The lowest BCUT2D eigenvalue weighted by Crippen LogP contribution is -2.47. The van der Waals surface area contributed by atoms with Crippen LogP contribution in [-0.2, 0) is 16.0 Å². The molecule has 7 nitrogen and oxygen atoms in total. The fraction of sp³-hybridized carbons (Fsp3) is 0.389. The minimum absolute atomic E-state index is 0. The molecule has 1 aromatic heterocycles. The molecule has 0 aliphatic carbocycles. The fourth-order valence-electron chi connectivity index (χ4n) is 2.21. The molecule has 0 saturated carbocycles. The molecule has 4 N–H and O–H groups in total. The maximum atomic E-state index is 11.8. The van der Waals surface area contributed by atoms with E-state index in [1.54, 1.807) is 10.9 Å². The quantitative estimate of drug-likeness (QED) is 0.638. The number of hydrogen-bond donors (Lipinski definition) is 3. The summed E-state index contributed by atoms with van der Waals surface area (Å²) in [6, 6.07) is 9.21. The summed E-state index contributed by atoms with van der Waals surface area (Å²) >= 11 is 0. The van der Waals surface area contributed by atoms with E-state index in [1.165, 1.54) is 0 Å². The van der Waals surface area contributed by atoms with Gasteiger partial charge < -0.3 is 16.4 Å². The highest BCUT2D eigenvalue weighted by molar-refractivity contribution is 5.87. The number of benzene rings is 1. The molecule has 0 spiro atoms. The Kier molecular flexibility index (Phi) is 8.81. The zero-order valence-corrected chi connectivity index (χ0v) is 15.8. The lowest BCUT2D eigenvalue weighted by atomic mass is 10.1. The lowest BCUT2D eigenvalue weighted by Gasteiger charge is -2.15. The van der Waals surface area contributed by atoms with Crippen molar-refractivity contribution in [3.8, 4) is 5.69 Å². The predicted molar refractivity (Wildman–Crippen MR) is 103 cm³/mol. The largest absolute Gasteiger partial charge is 0.354 e. The Hall–Kier alpha value is -2.38. The molecule has 0 aliphatic rings. The molecule has 26 heavy (non-hydrogen) atoms.